The maximum atomic E-state index is 9.94. The van der Waals surface area contributed by atoms with E-state index in [1.165, 1.54) is 29.7 Å². The Labute approximate surface area is 96.9 Å². The zero-order valence-electron chi connectivity index (χ0n) is 9.87. The van der Waals surface area contributed by atoms with Gasteiger partial charge in [-0.2, -0.15) is 0 Å². The van der Waals surface area contributed by atoms with Gasteiger partial charge in [0, 0.05) is 25.7 Å². The first kappa shape index (κ1) is 10.2. The summed E-state index contributed by atoms with van der Waals surface area (Å²) in [4.78, 5) is 2.33. The summed E-state index contributed by atoms with van der Waals surface area (Å²) in [5.74, 6) is 0. The average Bonchev–Trinajstić information content (AvgIpc) is 2.97. The normalized spacial score (nSPS) is 21.8. The fourth-order valence-electron chi connectivity index (χ4n) is 2.61. The van der Waals surface area contributed by atoms with Crippen molar-refractivity contribution in [3.8, 4) is 0 Å². The molecule has 2 aliphatic rings. The van der Waals surface area contributed by atoms with Crippen LogP contribution in [0.4, 0.5) is 5.69 Å². The Morgan fingerprint density at radius 1 is 1.38 bits per heavy atom. The predicted octanol–water partition coefficient (Wildman–Crippen LogP) is 2.14. The number of hydrogen-bond donors (Lipinski definition) is 1. The van der Waals surface area contributed by atoms with Crippen LogP contribution in [0.3, 0.4) is 0 Å². The molecule has 86 valence electrons. The summed E-state index contributed by atoms with van der Waals surface area (Å²) in [6, 6.07) is 6.70. The highest BCUT2D eigenvalue weighted by Crippen LogP contribution is 2.39. The molecule has 0 bridgehead atoms. The van der Waals surface area contributed by atoms with E-state index >= 15 is 0 Å². The molecule has 0 spiro atoms. The maximum Gasteiger partial charge on any atom is 0.0690 e. The average molecular weight is 217 g/mol. The molecule has 1 saturated carbocycles. The van der Waals surface area contributed by atoms with Crippen molar-refractivity contribution in [3.05, 3.63) is 29.3 Å². The lowest BCUT2D eigenvalue weighted by atomic mass is 9.97. The van der Waals surface area contributed by atoms with Crippen molar-refractivity contribution in [2.75, 3.05) is 18.5 Å². The van der Waals surface area contributed by atoms with Crippen LogP contribution in [-0.2, 0) is 12.8 Å². The van der Waals surface area contributed by atoms with E-state index in [1.54, 1.807) is 0 Å². The van der Waals surface area contributed by atoms with Gasteiger partial charge in [-0.15, -0.1) is 0 Å². The molecule has 0 aromatic heterocycles. The number of anilines is 1. The molecule has 1 aromatic rings. The lowest BCUT2D eigenvalue weighted by Crippen LogP contribution is -2.25. The van der Waals surface area contributed by atoms with Gasteiger partial charge in [-0.3, -0.25) is 0 Å². The smallest absolute Gasteiger partial charge is 0.0690 e. The molecule has 1 fully saturated rings. The Bertz CT molecular complexity index is 409. The van der Waals surface area contributed by atoms with Crippen LogP contribution in [0.1, 0.15) is 30.4 Å². The first-order chi connectivity index (χ1) is 7.66. The highest BCUT2D eigenvalue weighted by Gasteiger charge is 2.40. The second kappa shape index (κ2) is 3.49. The van der Waals surface area contributed by atoms with Crippen molar-refractivity contribution in [2.45, 2.75) is 37.7 Å². The molecule has 1 aliphatic carbocycles. The second-order valence-electron chi connectivity index (χ2n) is 5.39. The molecular weight excluding hydrogens is 198 g/mol. The topological polar surface area (TPSA) is 23.5 Å². The van der Waals surface area contributed by atoms with Crippen molar-refractivity contribution >= 4 is 5.69 Å². The number of aliphatic hydroxyl groups is 1. The van der Waals surface area contributed by atoms with Crippen molar-refractivity contribution in [1.29, 1.82) is 0 Å². The zero-order valence-corrected chi connectivity index (χ0v) is 9.87. The molecule has 0 radical (unpaired) electrons. The molecule has 2 nitrogen and oxygen atoms in total. The van der Waals surface area contributed by atoms with Crippen molar-refractivity contribution in [1.82, 2.24) is 0 Å². The molecule has 1 N–H and O–H groups in total. The monoisotopic (exact) mass is 217 g/mol. The summed E-state index contributed by atoms with van der Waals surface area (Å²) in [7, 11) is 2.16. The highest BCUT2D eigenvalue weighted by molar-refractivity contribution is 5.57. The van der Waals surface area contributed by atoms with E-state index in [0.29, 0.717) is 0 Å². The van der Waals surface area contributed by atoms with E-state index in [9.17, 15) is 5.11 Å². The van der Waals surface area contributed by atoms with E-state index in [-0.39, 0.29) is 5.60 Å². The molecule has 2 heteroatoms. The molecule has 0 unspecified atom stereocenters. The zero-order chi connectivity index (χ0) is 11.2. The fraction of sp³-hybridized carbons (Fsp3) is 0.571. The van der Waals surface area contributed by atoms with Crippen LogP contribution in [0.25, 0.3) is 0 Å². The van der Waals surface area contributed by atoms with Crippen LogP contribution in [0.2, 0.25) is 0 Å². The van der Waals surface area contributed by atoms with Crippen molar-refractivity contribution in [3.63, 3.8) is 0 Å². The van der Waals surface area contributed by atoms with Crippen molar-refractivity contribution in [2.24, 2.45) is 0 Å². The van der Waals surface area contributed by atoms with Crippen LogP contribution < -0.4 is 4.90 Å². The molecule has 16 heavy (non-hydrogen) atoms. The van der Waals surface area contributed by atoms with Gasteiger partial charge in [-0.25, -0.2) is 0 Å². The molecule has 1 aromatic carbocycles. The first-order valence-corrected chi connectivity index (χ1v) is 6.22. The van der Waals surface area contributed by atoms with Gasteiger partial charge in [-0.05, 0) is 42.9 Å². The van der Waals surface area contributed by atoms with Crippen LogP contribution in [0.15, 0.2) is 18.2 Å². The number of rotatable bonds is 2. The van der Waals surface area contributed by atoms with Gasteiger partial charge in [0.25, 0.3) is 0 Å². The Balaban J connectivity index is 1.88. The van der Waals surface area contributed by atoms with Gasteiger partial charge in [0.05, 0.1) is 5.60 Å². The van der Waals surface area contributed by atoms with Gasteiger partial charge in [0.2, 0.25) is 0 Å². The first-order valence-electron chi connectivity index (χ1n) is 6.22. The minimum Gasteiger partial charge on any atom is -0.390 e. The fourth-order valence-corrected chi connectivity index (χ4v) is 2.61. The lowest BCUT2D eigenvalue weighted by Gasteiger charge is -2.28. The molecule has 0 saturated heterocycles. The van der Waals surface area contributed by atoms with E-state index in [4.69, 9.17) is 0 Å². The summed E-state index contributed by atoms with van der Waals surface area (Å²) < 4.78 is 0. The van der Waals surface area contributed by atoms with Crippen LogP contribution in [-0.4, -0.2) is 24.3 Å². The molecule has 1 aliphatic heterocycles. The molecule has 3 rings (SSSR count). The Kier molecular flexibility index (Phi) is 2.21. The largest absolute Gasteiger partial charge is 0.390 e. The van der Waals surface area contributed by atoms with E-state index in [0.717, 1.165) is 25.8 Å². The number of benzene rings is 1. The standard InChI is InChI=1S/C14H19NO/c1-15-8-2-3-12-5-4-11(9-13(12)15)10-14(16)6-7-14/h4-5,9,16H,2-3,6-8,10H2,1H3. The summed E-state index contributed by atoms with van der Waals surface area (Å²) >= 11 is 0. The summed E-state index contributed by atoms with van der Waals surface area (Å²) in [6.45, 7) is 1.15. The third-order valence-electron chi connectivity index (χ3n) is 3.86. The molecule has 1 heterocycles. The third kappa shape index (κ3) is 1.82. The minimum absolute atomic E-state index is 0.374. The van der Waals surface area contributed by atoms with E-state index < -0.39 is 0 Å². The van der Waals surface area contributed by atoms with Gasteiger partial charge >= 0.3 is 0 Å². The Morgan fingerprint density at radius 3 is 2.94 bits per heavy atom. The number of fused-ring (bicyclic) bond motifs is 1. The van der Waals surface area contributed by atoms with Crippen LogP contribution in [0, 0.1) is 0 Å². The van der Waals surface area contributed by atoms with E-state index in [1.807, 2.05) is 0 Å². The molecular formula is C14H19NO. The lowest BCUT2D eigenvalue weighted by molar-refractivity contribution is 0.151. The quantitative estimate of drug-likeness (QED) is 0.820. The molecule has 0 amide bonds. The van der Waals surface area contributed by atoms with Crippen LogP contribution >= 0.6 is 0 Å². The van der Waals surface area contributed by atoms with Gasteiger partial charge < -0.3 is 10.0 Å². The predicted molar refractivity (Wildman–Crippen MR) is 65.9 cm³/mol. The third-order valence-corrected chi connectivity index (χ3v) is 3.86. The van der Waals surface area contributed by atoms with Gasteiger partial charge in [0.1, 0.15) is 0 Å². The highest BCUT2D eigenvalue weighted by atomic mass is 16.3. The number of aryl methyl sites for hydroxylation is 1. The summed E-state index contributed by atoms with van der Waals surface area (Å²) in [6.07, 6.45) is 5.23. The Morgan fingerprint density at radius 2 is 2.19 bits per heavy atom. The summed E-state index contributed by atoms with van der Waals surface area (Å²) in [5.41, 5.74) is 3.74. The van der Waals surface area contributed by atoms with E-state index in [2.05, 4.69) is 30.1 Å². The number of nitrogens with zero attached hydrogens (tertiary/aromatic N) is 1. The summed E-state index contributed by atoms with van der Waals surface area (Å²) in [5, 5.41) is 9.94. The Hall–Kier alpha value is -1.02. The molecule has 0 atom stereocenters. The SMILES string of the molecule is CN1CCCc2ccc(CC3(O)CC3)cc21. The van der Waals surface area contributed by atoms with Crippen LogP contribution in [0.5, 0.6) is 0 Å². The van der Waals surface area contributed by atoms with Gasteiger partial charge in [-0.1, -0.05) is 12.1 Å². The second-order valence-corrected chi connectivity index (χ2v) is 5.39. The maximum absolute atomic E-state index is 9.94. The van der Waals surface area contributed by atoms with Crippen molar-refractivity contribution < 1.29 is 5.11 Å². The van der Waals surface area contributed by atoms with Gasteiger partial charge in [0.15, 0.2) is 0 Å². The minimum atomic E-state index is -0.374. The number of hydrogen-bond acceptors (Lipinski definition) is 2.